The summed E-state index contributed by atoms with van der Waals surface area (Å²) in [5.41, 5.74) is -3.86. The van der Waals surface area contributed by atoms with Gasteiger partial charge in [-0.25, -0.2) is 9.37 Å². The fourth-order valence-corrected chi connectivity index (χ4v) is 4.28. The Kier molecular flexibility index (Phi) is 5.17. The topological polar surface area (TPSA) is 32.6 Å². The van der Waals surface area contributed by atoms with Crippen LogP contribution in [-0.2, 0) is 0 Å². The molecule has 0 bridgehead atoms. The third-order valence-corrected chi connectivity index (χ3v) is 5.92. The second-order valence-electron chi connectivity index (χ2n) is 5.69. The van der Waals surface area contributed by atoms with Crippen molar-refractivity contribution in [3.05, 3.63) is 22.0 Å². The summed E-state index contributed by atoms with van der Waals surface area (Å²) in [4.78, 5) is 6.11. The van der Waals surface area contributed by atoms with Crippen LogP contribution >= 0.6 is 34.4 Å². The molecule has 0 aliphatic carbocycles. The SMILES string of the molecule is CN1CC[C@@H](Nc2nccn3c(SC(F)(F)F)c(I)cc23)[C@@H](F)C1. The Bertz CT molecular complexity index is 735. The number of nitrogens with one attached hydrogen (secondary N) is 1. The number of alkyl halides is 4. The van der Waals surface area contributed by atoms with E-state index in [4.69, 9.17) is 0 Å². The van der Waals surface area contributed by atoms with Gasteiger partial charge in [-0.15, -0.1) is 0 Å². The van der Waals surface area contributed by atoms with Crippen LogP contribution in [0.3, 0.4) is 0 Å². The maximum Gasteiger partial charge on any atom is 0.447 e. The van der Waals surface area contributed by atoms with Crippen LogP contribution < -0.4 is 5.32 Å². The second-order valence-corrected chi connectivity index (χ2v) is 7.91. The van der Waals surface area contributed by atoms with E-state index in [0.717, 1.165) is 6.54 Å². The van der Waals surface area contributed by atoms with Gasteiger partial charge in [-0.2, -0.15) is 13.2 Å². The molecule has 0 unspecified atom stereocenters. The molecule has 1 N–H and O–H groups in total. The molecule has 0 saturated carbocycles. The molecule has 10 heteroatoms. The summed E-state index contributed by atoms with van der Waals surface area (Å²) in [6.07, 6.45) is 2.47. The molecule has 2 aromatic rings. The fraction of sp³-hybridized carbons (Fsp3) is 0.500. The van der Waals surface area contributed by atoms with Crippen LogP contribution in [0.25, 0.3) is 5.52 Å². The normalized spacial score (nSPS) is 22.9. The van der Waals surface area contributed by atoms with Crippen molar-refractivity contribution in [2.45, 2.75) is 29.2 Å². The number of thioether (sulfide) groups is 1. The van der Waals surface area contributed by atoms with Crippen LogP contribution in [0.5, 0.6) is 0 Å². The van der Waals surface area contributed by atoms with Crippen molar-refractivity contribution >= 4 is 45.7 Å². The maximum absolute atomic E-state index is 14.2. The van der Waals surface area contributed by atoms with Crippen LogP contribution in [-0.4, -0.2) is 52.1 Å². The van der Waals surface area contributed by atoms with Crippen molar-refractivity contribution in [1.29, 1.82) is 0 Å². The van der Waals surface area contributed by atoms with Gasteiger partial charge in [-0.05, 0) is 42.1 Å². The molecular weight excluding hydrogens is 459 g/mol. The Hall–Kier alpha value is -0.750. The minimum atomic E-state index is -4.37. The number of hydrogen-bond acceptors (Lipinski definition) is 4. The number of aromatic nitrogens is 2. The number of fused-ring (bicyclic) bond motifs is 1. The van der Waals surface area contributed by atoms with Gasteiger partial charge in [0.15, 0.2) is 5.82 Å². The lowest BCUT2D eigenvalue weighted by Gasteiger charge is -2.33. The number of rotatable bonds is 3. The zero-order chi connectivity index (χ0) is 17.5. The minimum Gasteiger partial charge on any atom is -0.363 e. The van der Waals surface area contributed by atoms with Crippen LogP contribution in [0.15, 0.2) is 23.5 Å². The molecule has 132 valence electrons. The van der Waals surface area contributed by atoms with Gasteiger partial charge in [0.25, 0.3) is 0 Å². The number of likely N-dealkylation sites (tertiary alicyclic amines) is 1. The van der Waals surface area contributed by atoms with Gasteiger partial charge in [-0.3, -0.25) is 0 Å². The predicted molar refractivity (Wildman–Crippen MR) is 94.2 cm³/mol. The van der Waals surface area contributed by atoms with Crippen LogP contribution in [0.1, 0.15) is 6.42 Å². The van der Waals surface area contributed by atoms with Gasteiger partial charge < -0.3 is 14.6 Å². The smallest absolute Gasteiger partial charge is 0.363 e. The van der Waals surface area contributed by atoms with Crippen molar-refractivity contribution in [1.82, 2.24) is 14.3 Å². The summed E-state index contributed by atoms with van der Waals surface area (Å²) < 4.78 is 54.4. The average Bonchev–Trinajstić information content (AvgIpc) is 2.78. The fourth-order valence-electron chi connectivity index (χ4n) is 2.76. The zero-order valence-corrected chi connectivity index (χ0v) is 15.6. The van der Waals surface area contributed by atoms with Crippen molar-refractivity contribution < 1.29 is 17.6 Å². The Morgan fingerprint density at radius 2 is 2.17 bits per heavy atom. The van der Waals surface area contributed by atoms with Gasteiger partial charge in [0, 0.05) is 40.8 Å². The van der Waals surface area contributed by atoms with E-state index in [0.29, 0.717) is 27.9 Å². The van der Waals surface area contributed by atoms with E-state index in [9.17, 15) is 17.6 Å². The molecule has 0 spiro atoms. The summed E-state index contributed by atoms with van der Waals surface area (Å²) in [6, 6.07) is 1.23. The highest BCUT2D eigenvalue weighted by molar-refractivity contribution is 14.1. The molecule has 3 rings (SSSR count). The molecule has 2 aromatic heterocycles. The first kappa shape index (κ1) is 18.1. The standard InChI is InChI=1S/C14H15F4IN4S/c1-22-4-2-10(8(15)7-22)21-12-11-6-9(19)13(24-14(16,17)18)23(11)5-3-20-12/h3,5-6,8,10H,2,4,7H2,1H3,(H,20,21)/t8-,10+/m0/s1. The summed E-state index contributed by atoms with van der Waals surface area (Å²) >= 11 is 1.71. The number of anilines is 1. The molecule has 24 heavy (non-hydrogen) atoms. The molecule has 1 saturated heterocycles. The van der Waals surface area contributed by atoms with Crippen molar-refractivity contribution in [3.63, 3.8) is 0 Å². The Balaban J connectivity index is 1.91. The molecule has 1 aliphatic rings. The van der Waals surface area contributed by atoms with Gasteiger partial charge in [0.1, 0.15) is 11.2 Å². The number of piperidine rings is 1. The summed E-state index contributed by atoms with van der Waals surface area (Å²) in [5.74, 6) is 0.404. The Morgan fingerprint density at radius 3 is 2.83 bits per heavy atom. The van der Waals surface area contributed by atoms with Crippen molar-refractivity contribution in [2.75, 3.05) is 25.5 Å². The van der Waals surface area contributed by atoms with Crippen LogP contribution in [0.4, 0.5) is 23.4 Å². The van der Waals surface area contributed by atoms with Gasteiger partial charge >= 0.3 is 5.51 Å². The molecule has 0 aromatic carbocycles. The van der Waals surface area contributed by atoms with Crippen LogP contribution in [0, 0.1) is 3.57 Å². The van der Waals surface area contributed by atoms with E-state index in [1.54, 1.807) is 6.07 Å². The number of nitrogens with zero attached hydrogens (tertiary/aromatic N) is 3. The van der Waals surface area contributed by atoms with E-state index in [1.807, 2.05) is 34.5 Å². The molecule has 2 atom stereocenters. The van der Waals surface area contributed by atoms with E-state index in [1.165, 1.54) is 16.8 Å². The summed E-state index contributed by atoms with van der Waals surface area (Å²) in [6.45, 7) is 1.09. The Labute approximate surface area is 154 Å². The molecule has 3 heterocycles. The first-order chi connectivity index (χ1) is 11.2. The van der Waals surface area contributed by atoms with Gasteiger partial charge in [0.05, 0.1) is 11.6 Å². The van der Waals surface area contributed by atoms with Crippen molar-refractivity contribution in [3.8, 4) is 0 Å². The molecule has 1 aliphatic heterocycles. The highest BCUT2D eigenvalue weighted by Gasteiger charge is 2.33. The molecule has 0 amide bonds. The monoisotopic (exact) mass is 474 g/mol. The van der Waals surface area contributed by atoms with E-state index in [-0.39, 0.29) is 16.8 Å². The lowest BCUT2D eigenvalue weighted by Crippen LogP contribution is -2.46. The highest BCUT2D eigenvalue weighted by atomic mass is 127. The first-order valence-corrected chi connectivity index (χ1v) is 9.14. The summed E-state index contributed by atoms with van der Waals surface area (Å²) in [5, 5.41) is 3.16. The van der Waals surface area contributed by atoms with E-state index >= 15 is 0 Å². The lowest BCUT2D eigenvalue weighted by molar-refractivity contribution is -0.0330. The largest absolute Gasteiger partial charge is 0.447 e. The van der Waals surface area contributed by atoms with Gasteiger partial charge in [0.2, 0.25) is 0 Å². The predicted octanol–water partition coefficient (Wildman–Crippen LogP) is 4.00. The van der Waals surface area contributed by atoms with Crippen molar-refractivity contribution in [2.24, 2.45) is 0 Å². The molecule has 1 fully saturated rings. The third kappa shape index (κ3) is 3.90. The Morgan fingerprint density at radius 1 is 1.42 bits per heavy atom. The minimum absolute atomic E-state index is 0.0868. The average molecular weight is 474 g/mol. The first-order valence-electron chi connectivity index (χ1n) is 7.25. The zero-order valence-electron chi connectivity index (χ0n) is 12.6. The highest BCUT2D eigenvalue weighted by Crippen LogP contribution is 2.41. The number of hydrogen-bond donors (Lipinski definition) is 1. The number of halogens is 5. The van der Waals surface area contributed by atoms with Crippen LogP contribution in [0.2, 0.25) is 0 Å². The second kappa shape index (κ2) is 6.87. The maximum atomic E-state index is 14.2. The molecular formula is C14H15F4IN4S. The third-order valence-electron chi connectivity index (χ3n) is 3.89. The lowest BCUT2D eigenvalue weighted by atomic mass is 10.0. The van der Waals surface area contributed by atoms with E-state index in [2.05, 4.69) is 10.3 Å². The van der Waals surface area contributed by atoms with E-state index < -0.39 is 17.7 Å². The molecule has 0 radical (unpaired) electrons. The van der Waals surface area contributed by atoms with Gasteiger partial charge in [-0.1, -0.05) is 0 Å². The molecule has 4 nitrogen and oxygen atoms in total. The summed E-state index contributed by atoms with van der Waals surface area (Å²) in [7, 11) is 1.86. The quantitative estimate of drug-likeness (QED) is 0.414.